The van der Waals surface area contributed by atoms with Crippen molar-refractivity contribution in [2.75, 3.05) is 30.3 Å². The number of methoxy groups -OCH3 is 1. The highest BCUT2D eigenvalue weighted by atomic mass is 79.9. The monoisotopic (exact) mass is 467 g/mol. The van der Waals surface area contributed by atoms with Gasteiger partial charge in [-0.1, -0.05) is 6.07 Å². The van der Waals surface area contributed by atoms with Crippen LogP contribution in [0.5, 0.6) is 5.75 Å². The Balaban J connectivity index is 1.67. The van der Waals surface area contributed by atoms with E-state index in [1.807, 2.05) is 0 Å². The number of Topliss-reactive ketones (excluding diaryl/α,β-unsaturated/α-hetero) is 1. The fourth-order valence-corrected chi connectivity index (χ4v) is 4.95. The molecule has 0 atom stereocenters. The smallest absolute Gasteiger partial charge is 0.338 e. The number of halogens is 1. The first-order chi connectivity index (χ1) is 13.3. The number of anilines is 1. The molecule has 0 aliphatic carbocycles. The van der Waals surface area contributed by atoms with Gasteiger partial charge in [0.15, 0.2) is 12.4 Å². The average molecular weight is 468 g/mol. The number of hydrogen-bond donors (Lipinski definition) is 0. The summed E-state index contributed by atoms with van der Waals surface area (Å²) in [6, 6.07) is 11.0. The molecule has 1 heterocycles. The number of ether oxygens (including phenoxy) is 2. The van der Waals surface area contributed by atoms with Crippen molar-refractivity contribution < 1.29 is 27.5 Å². The van der Waals surface area contributed by atoms with Crippen LogP contribution in [-0.2, 0) is 14.8 Å². The Bertz CT molecular complexity index is 1020. The van der Waals surface area contributed by atoms with Crippen molar-refractivity contribution in [1.29, 1.82) is 0 Å². The molecule has 0 saturated carbocycles. The number of hydrogen-bond acceptors (Lipinski definition) is 6. The summed E-state index contributed by atoms with van der Waals surface area (Å²) in [4.78, 5) is 24.6. The highest BCUT2D eigenvalue weighted by molar-refractivity contribution is 9.10. The Labute approximate surface area is 171 Å². The first kappa shape index (κ1) is 20.3. The van der Waals surface area contributed by atoms with E-state index in [4.69, 9.17) is 9.47 Å². The van der Waals surface area contributed by atoms with E-state index in [0.29, 0.717) is 34.4 Å². The number of benzene rings is 2. The van der Waals surface area contributed by atoms with E-state index >= 15 is 0 Å². The zero-order chi connectivity index (χ0) is 20.3. The average Bonchev–Trinajstić information content (AvgIpc) is 3.04. The van der Waals surface area contributed by atoms with E-state index in [2.05, 4.69) is 15.9 Å². The summed E-state index contributed by atoms with van der Waals surface area (Å²) in [6.07, 6.45) is 0.545. The van der Waals surface area contributed by atoms with Crippen LogP contribution in [0.15, 0.2) is 46.9 Å². The molecular weight excluding hydrogens is 450 g/mol. The predicted octanol–water partition coefficient (Wildman–Crippen LogP) is 3.04. The first-order valence-electron chi connectivity index (χ1n) is 8.46. The first-order valence-corrected chi connectivity index (χ1v) is 10.9. The Hall–Kier alpha value is -2.39. The van der Waals surface area contributed by atoms with Crippen molar-refractivity contribution >= 4 is 43.4 Å². The van der Waals surface area contributed by atoms with Crippen LogP contribution >= 0.6 is 15.9 Å². The van der Waals surface area contributed by atoms with Crippen LogP contribution in [-0.4, -0.2) is 46.2 Å². The summed E-state index contributed by atoms with van der Waals surface area (Å²) >= 11 is 3.30. The van der Waals surface area contributed by atoms with E-state index in [1.54, 1.807) is 30.3 Å². The van der Waals surface area contributed by atoms with Crippen molar-refractivity contribution in [2.24, 2.45) is 0 Å². The predicted molar refractivity (Wildman–Crippen MR) is 107 cm³/mol. The molecular formula is C19H18BrNO6S. The third-order valence-corrected chi connectivity index (χ3v) is 6.77. The van der Waals surface area contributed by atoms with Gasteiger partial charge in [0, 0.05) is 12.1 Å². The number of carbonyl (C=O) groups excluding carboxylic acids is 2. The van der Waals surface area contributed by atoms with Crippen molar-refractivity contribution in [2.45, 2.75) is 6.42 Å². The molecule has 1 fully saturated rings. The largest absolute Gasteiger partial charge is 0.496 e. The Morgan fingerprint density at radius 1 is 1.14 bits per heavy atom. The molecule has 2 aromatic carbocycles. The van der Waals surface area contributed by atoms with Gasteiger partial charge < -0.3 is 9.47 Å². The maximum atomic E-state index is 12.3. The van der Waals surface area contributed by atoms with Crippen LogP contribution in [0.4, 0.5) is 5.69 Å². The van der Waals surface area contributed by atoms with Gasteiger partial charge in [-0.25, -0.2) is 13.2 Å². The van der Waals surface area contributed by atoms with Crippen LogP contribution in [0.2, 0.25) is 0 Å². The molecule has 9 heteroatoms. The SMILES string of the molecule is COc1ccc(C(=O)COC(=O)c2cccc(N3CCCS3(=O)=O)c2)cc1Br. The molecule has 7 nitrogen and oxygen atoms in total. The van der Waals surface area contributed by atoms with Gasteiger partial charge in [-0.05, 0) is 58.7 Å². The topological polar surface area (TPSA) is 90.0 Å². The van der Waals surface area contributed by atoms with E-state index in [9.17, 15) is 18.0 Å². The number of rotatable bonds is 6. The molecule has 1 aliphatic rings. The third-order valence-electron chi connectivity index (χ3n) is 4.28. The fraction of sp³-hybridized carbons (Fsp3) is 0.263. The van der Waals surface area contributed by atoms with Gasteiger partial charge in [0.2, 0.25) is 10.0 Å². The minimum absolute atomic E-state index is 0.0909. The van der Waals surface area contributed by atoms with Gasteiger partial charge >= 0.3 is 5.97 Å². The third kappa shape index (κ3) is 4.36. The highest BCUT2D eigenvalue weighted by Crippen LogP contribution is 2.26. The molecule has 0 radical (unpaired) electrons. The number of nitrogens with zero attached hydrogens (tertiary/aromatic N) is 1. The van der Waals surface area contributed by atoms with Gasteiger partial charge in [0.25, 0.3) is 0 Å². The molecule has 2 aromatic rings. The van der Waals surface area contributed by atoms with E-state index in [0.717, 1.165) is 0 Å². The Kier molecular flexibility index (Phi) is 6.04. The van der Waals surface area contributed by atoms with Crippen molar-refractivity contribution in [3.8, 4) is 5.75 Å². The van der Waals surface area contributed by atoms with Crippen molar-refractivity contribution in [1.82, 2.24) is 0 Å². The Morgan fingerprint density at radius 3 is 2.57 bits per heavy atom. The summed E-state index contributed by atoms with van der Waals surface area (Å²) in [5, 5.41) is 0. The Morgan fingerprint density at radius 2 is 1.93 bits per heavy atom. The second kappa shape index (κ2) is 8.32. The molecule has 1 aliphatic heterocycles. The van der Waals surface area contributed by atoms with E-state index < -0.39 is 22.6 Å². The molecule has 0 N–H and O–H groups in total. The maximum absolute atomic E-state index is 12.3. The van der Waals surface area contributed by atoms with Gasteiger partial charge in [0.05, 0.1) is 28.6 Å². The highest BCUT2D eigenvalue weighted by Gasteiger charge is 2.28. The standard InChI is InChI=1S/C19H18BrNO6S/c1-26-18-7-6-13(11-16(18)20)17(22)12-27-19(23)14-4-2-5-15(10-14)21-8-3-9-28(21,24)25/h2,4-7,10-11H,3,8-9,12H2,1H3. The van der Waals surface area contributed by atoms with Crippen LogP contribution in [0.1, 0.15) is 27.1 Å². The maximum Gasteiger partial charge on any atom is 0.338 e. The molecule has 0 aromatic heterocycles. The van der Waals surface area contributed by atoms with Gasteiger partial charge in [0.1, 0.15) is 5.75 Å². The summed E-state index contributed by atoms with van der Waals surface area (Å²) in [5.41, 5.74) is 0.970. The lowest BCUT2D eigenvalue weighted by Crippen LogP contribution is -2.25. The summed E-state index contributed by atoms with van der Waals surface area (Å²) in [6.45, 7) is -0.0461. The number of ketones is 1. The van der Waals surface area contributed by atoms with Gasteiger partial charge in [-0.15, -0.1) is 0 Å². The van der Waals surface area contributed by atoms with E-state index in [-0.39, 0.29) is 17.1 Å². The lowest BCUT2D eigenvalue weighted by Gasteiger charge is -2.17. The second-order valence-corrected chi connectivity index (χ2v) is 9.01. The minimum atomic E-state index is -3.34. The molecule has 0 bridgehead atoms. The summed E-state index contributed by atoms with van der Waals surface area (Å²) < 4.78 is 36.2. The number of sulfonamides is 1. The molecule has 28 heavy (non-hydrogen) atoms. The van der Waals surface area contributed by atoms with Crippen LogP contribution in [0.25, 0.3) is 0 Å². The minimum Gasteiger partial charge on any atom is -0.496 e. The van der Waals surface area contributed by atoms with E-state index in [1.165, 1.54) is 23.5 Å². The zero-order valence-corrected chi connectivity index (χ0v) is 17.5. The zero-order valence-electron chi connectivity index (χ0n) is 15.1. The lowest BCUT2D eigenvalue weighted by molar-refractivity contribution is 0.0475. The van der Waals surface area contributed by atoms with Crippen molar-refractivity contribution in [3.63, 3.8) is 0 Å². The van der Waals surface area contributed by atoms with Crippen LogP contribution < -0.4 is 9.04 Å². The fourth-order valence-electron chi connectivity index (χ4n) is 2.86. The quantitative estimate of drug-likeness (QED) is 0.478. The van der Waals surface area contributed by atoms with Crippen LogP contribution in [0, 0.1) is 0 Å². The summed E-state index contributed by atoms with van der Waals surface area (Å²) in [5.74, 6) is -0.385. The number of carbonyl (C=O) groups is 2. The van der Waals surface area contributed by atoms with Crippen molar-refractivity contribution in [3.05, 3.63) is 58.1 Å². The number of esters is 1. The molecule has 0 amide bonds. The summed E-state index contributed by atoms with van der Waals surface area (Å²) in [7, 11) is -1.82. The second-order valence-electron chi connectivity index (χ2n) is 6.14. The normalized spacial score (nSPS) is 15.3. The molecule has 3 rings (SSSR count). The van der Waals surface area contributed by atoms with Gasteiger partial charge in [-0.3, -0.25) is 9.10 Å². The molecule has 0 unspecified atom stereocenters. The lowest BCUT2D eigenvalue weighted by atomic mass is 10.1. The molecule has 148 valence electrons. The molecule has 1 saturated heterocycles. The van der Waals surface area contributed by atoms with Crippen LogP contribution in [0.3, 0.4) is 0 Å². The van der Waals surface area contributed by atoms with Gasteiger partial charge in [-0.2, -0.15) is 0 Å². The molecule has 0 spiro atoms.